The minimum Gasteiger partial charge on any atom is -0.390 e. The van der Waals surface area contributed by atoms with Crippen LogP contribution in [0.4, 0.5) is 0 Å². The Morgan fingerprint density at radius 1 is 1.06 bits per heavy atom. The van der Waals surface area contributed by atoms with Crippen molar-refractivity contribution in [3.63, 3.8) is 0 Å². The van der Waals surface area contributed by atoms with Crippen LogP contribution in [-0.2, 0) is 0 Å². The zero-order valence-electron chi connectivity index (χ0n) is 10.4. The lowest BCUT2D eigenvalue weighted by molar-refractivity contribution is -0.0109. The Bertz CT molecular complexity index is 190. The Balaban J connectivity index is 2.35. The highest BCUT2D eigenvalue weighted by Crippen LogP contribution is 2.31. The highest BCUT2D eigenvalue weighted by Gasteiger charge is 2.28. The van der Waals surface area contributed by atoms with E-state index in [0.29, 0.717) is 0 Å². The molecule has 0 unspecified atom stereocenters. The van der Waals surface area contributed by atoms with Crippen molar-refractivity contribution in [2.75, 3.05) is 0 Å². The summed E-state index contributed by atoms with van der Waals surface area (Å²) in [6.07, 6.45) is 6.32. The Morgan fingerprint density at radius 2 is 1.62 bits per heavy atom. The molecule has 1 rings (SSSR count). The molecule has 0 spiro atoms. The van der Waals surface area contributed by atoms with Gasteiger partial charge in [-0.05, 0) is 18.3 Å². The van der Waals surface area contributed by atoms with E-state index >= 15 is 0 Å². The monoisotopic (exact) mass is 292 g/mol. The summed E-state index contributed by atoms with van der Waals surface area (Å²) < 4.78 is 0. The molecule has 2 N–H and O–H groups in total. The van der Waals surface area contributed by atoms with Gasteiger partial charge in [0.25, 0.3) is 0 Å². The molecular formula is C13H25BrO2. The maximum absolute atomic E-state index is 9.99. The number of hydrogen-bond acceptors (Lipinski definition) is 2. The fraction of sp³-hybridized carbons (Fsp3) is 1.00. The van der Waals surface area contributed by atoms with Crippen LogP contribution in [0.15, 0.2) is 0 Å². The van der Waals surface area contributed by atoms with E-state index in [9.17, 15) is 10.2 Å². The number of rotatable bonds is 5. The third-order valence-corrected chi connectivity index (χ3v) is 4.60. The van der Waals surface area contributed by atoms with Gasteiger partial charge < -0.3 is 10.2 Å². The molecular weight excluding hydrogens is 268 g/mol. The minimum absolute atomic E-state index is 0.0352. The molecule has 96 valence electrons. The van der Waals surface area contributed by atoms with Crippen LogP contribution < -0.4 is 0 Å². The van der Waals surface area contributed by atoms with Gasteiger partial charge in [-0.3, -0.25) is 0 Å². The van der Waals surface area contributed by atoms with Crippen molar-refractivity contribution in [2.45, 2.75) is 69.4 Å². The summed E-state index contributed by atoms with van der Waals surface area (Å²) in [5.41, 5.74) is 0. The lowest BCUT2D eigenvalue weighted by Gasteiger charge is -2.29. The number of halogens is 1. The van der Waals surface area contributed by atoms with Crippen molar-refractivity contribution in [3.05, 3.63) is 0 Å². The maximum Gasteiger partial charge on any atom is 0.0926 e. The van der Waals surface area contributed by atoms with Crippen LogP contribution in [0.5, 0.6) is 0 Å². The second-order valence-electron chi connectivity index (χ2n) is 5.48. The highest BCUT2D eigenvalue weighted by molar-refractivity contribution is 9.09. The van der Waals surface area contributed by atoms with Crippen molar-refractivity contribution in [1.82, 2.24) is 0 Å². The van der Waals surface area contributed by atoms with Crippen LogP contribution in [-0.4, -0.2) is 27.2 Å². The molecule has 1 saturated carbocycles. The van der Waals surface area contributed by atoms with E-state index in [1.807, 2.05) is 13.8 Å². The molecule has 1 aliphatic rings. The smallest absolute Gasteiger partial charge is 0.0926 e. The molecule has 0 radical (unpaired) electrons. The lowest BCUT2D eigenvalue weighted by atomic mass is 9.84. The summed E-state index contributed by atoms with van der Waals surface area (Å²) in [6, 6.07) is 0. The molecule has 0 amide bonds. The van der Waals surface area contributed by atoms with Crippen LogP contribution in [0.2, 0.25) is 0 Å². The van der Waals surface area contributed by atoms with Crippen LogP contribution >= 0.6 is 15.9 Å². The summed E-state index contributed by atoms with van der Waals surface area (Å²) in [5.74, 6) is 0.841. The lowest BCUT2D eigenvalue weighted by Crippen LogP contribution is -2.38. The number of aliphatic hydroxyl groups excluding tert-OH is 2. The average Bonchev–Trinajstić information content (AvgIpc) is 2.28. The van der Waals surface area contributed by atoms with E-state index < -0.39 is 12.2 Å². The van der Waals surface area contributed by atoms with Gasteiger partial charge in [0.1, 0.15) is 0 Å². The minimum atomic E-state index is -0.637. The molecule has 1 fully saturated rings. The van der Waals surface area contributed by atoms with Gasteiger partial charge in [-0.15, -0.1) is 0 Å². The van der Waals surface area contributed by atoms with Crippen molar-refractivity contribution in [3.8, 4) is 0 Å². The Kier molecular flexibility index (Phi) is 6.30. The van der Waals surface area contributed by atoms with Gasteiger partial charge in [0.05, 0.1) is 12.2 Å². The van der Waals surface area contributed by atoms with E-state index in [4.69, 9.17) is 0 Å². The quantitative estimate of drug-likeness (QED) is 0.765. The molecule has 0 aromatic heterocycles. The average molecular weight is 293 g/mol. The zero-order valence-corrected chi connectivity index (χ0v) is 12.0. The van der Waals surface area contributed by atoms with E-state index in [-0.39, 0.29) is 10.7 Å². The molecule has 2 nitrogen and oxygen atoms in total. The molecule has 16 heavy (non-hydrogen) atoms. The van der Waals surface area contributed by atoms with E-state index in [1.54, 1.807) is 0 Å². The third kappa shape index (κ3) is 4.34. The normalized spacial score (nSPS) is 24.4. The molecule has 3 atom stereocenters. The SMILES string of the molecule is CC(C)[C@@H](O)[C@H](O)[C@H](Br)CC1CCCCC1. The van der Waals surface area contributed by atoms with Gasteiger partial charge in [0.2, 0.25) is 0 Å². The molecule has 0 aliphatic heterocycles. The van der Waals surface area contributed by atoms with Gasteiger partial charge in [0, 0.05) is 4.83 Å². The summed E-state index contributed by atoms with van der Waals surface area (Å²) in [4.78, 5) is 0.0352. The fourth-order valence-electron chi connectivity index (χ4n) is 2.49. The van der Waals surface area contributed by atoms with Gasteiger partial charge in [0.15, 0.2) is 0 Å². The molecule has 0 aromatic carbocycles. The summed E-state index contributed by atoms with van der Waals surface area (Å²) in [6.45, 7) is 3.88. The van der Waals surface area contributed by atoms with E-state index in [0.717, 1.165) is 12.3 Å². The Morgan fingerprint density at radius 3 is 2.12 bits per heavy atom. The molecule has 0 bridgehead atoms. The standard InChI is InChI=1S/C13H25BrO2/c1-9(2)12(15)13(16)11(14)8-10-6-4-3-5-7-10/h9-13,15-16H,3-8H2,1-2H3/t11-,12-,13-/m1/s1. The topological polar surface area (TPSA) is 40.5 Å². The van der Waals surface area contributed by atoms with Crippen LogP contribution in [0, 0.1) is 11.8 Å². The maximum atomic E-state index is 9.99. The van der Waals surface area contributed by atoms with Crippen molar-refractivity contribution in [2.24, 2.45) is 11.8 Å². The largest absolute Gasteiger partial charge is 0.390 e. The number of aliphatic hydroxyl groups is 2. The van der Waals surface area contributed by atoms with Crippen molar-refractivity contribution >= 4 is 15.9 Å². The first kappa shape index (κ1) is 14.5. The second-order valence-corrected chi connectivity index (χ2v) is 6.66. The predicted molar refractivity (Wildman–Crippen MR) is 70.8 cm³/mol. The van der Waals surface area contributed by atoms with Crippen molar-refractivity contribution in [1.29, 1.82) is 0 Å². The first-order chi connectivity index (χ1) is 7.52. The molecule has 3 heteroatoms. The van der Waals surface area contributed by atoms with E-state index in [1.165, 1.54) is 32.1 Å². The molecule has 0 aromatic rings. The van der Waals surface area contributed by atoms with Crippen LogP contribution in [0.3, 0.4) is 0 Å². The van der Waals surface area contributed by atoms with Crippen LogP contribution in [0.1, 0.15) is 52.4 Å². The Hall–Kier alpha value is 0.400. The second kappa shape index (κ2) is 6.97. The predicted octanol–water partition coefficient (Wildman–Crippen LogP) is 3.10. The fourth-order valence-corrected chi connectivity index (χ4v) is 3.33. The van der Waals surface area contributed by atoms with Gasteiger partial charge in [-0.25, -0.2) is 0 Å². The highest BCUT2D eigenvalue weighted by atomic mass is 79.9. The van der Waals surface area contributed by atoms with Crippen LogP contribution in [0.25, 0.3) is 0 Å². The van der Waals surface area contributed by atoms with Gasteiger partial charge in [-0.2, -0.15) is 0 Å². The third-order valence-electron chi connectivity index (χ3n) is 3.69. The summed E-state index contributed by atoms with van der Waals surface area (Å²) in [7, 11) is 0. The van der Waals surface area contributed by atoms with E-state index in [2.05, 4.69) is 15.9 Å². The molecule has 1 aliphatic carbocycles. The first-order valence-corrected chi connectivity index (χ1v) is 7.44. The number of alkyl halides is 1. The molecule has 0 saturated heterocycles. The zero-order chi connectivity index (χ0) is 12.1. The number of hydrogen-bond donors (Lipinski definition) is 2. The Labute approximate surface area is 108 Å². The molecule has 0 heterocycles. The first-order valence-electron chi connectivity index (χ1n) is 6.52. The van der Waals surface area contributed by atoms with Gasteiger partial charge >= 0.3 is 0 Å². The van der Waals surface area contributed by atoms with Crippen molar-refractivity contribution < 1.29 is 10.2 Å². The summed E-state index contributed by atoms with van der Waals surface area (Å²) in [5, 5.41) is 19.8. The van der Waals surface area contributed by atoms with Gasteiger partial charge in [-0.1, -0.05) is 61.9 Å². The summed E-state index contributed by atoms with van der Waals surface area (Å²) >= 11 is 3.54.